The third kappa shape index (κ3) is 6.57. The fraction of sp³-hybridized carbons (Fsp3) is 0.593. The Morgan fingerprint density at radius 2 is 1.97 bits per heavy atom. The van der Waals surface area contributed by atoms with E-state index >= 15 is 0 Å². The SMILES string of the molecule is Cc1ccc(S(=O)(=O)NCCCN2CCN(c3cccc(Cl)c3)CC2)c(NCC2CC3(CCOC3)C2)n1. The number of nitrogens with zero attached hydrogens (tertiary/aromatic N) is 3. The summed E-state index contributed by atoms with van der Waals surface area (Å²) in [5.41, 5.74) is 2.32. The highest BCUT2D eigenvalue weighted by atomic mass is 35.5. The van der Waals surface area contributed by atoms with E-state index < -0.39 is 10.0 Å². The molecule has 2 aliphatic heterocycles. The monoisotopic (exact) mass is 547 g/mol. The molecule has 1 saturated carbocycles. The van der Waals surface area contributed by atoms with E-state index in [1.807, 2.05) is 25.1 Å². The van der Waals surface area contributed by atoms with E-state index in [9.17, 15) is 8.42 Å². The summed E-state index contributed by atoms with van der Waals surface area (Å²) in [7, 11) is -3.65. The summed E-state index contributed by atoms with van der Waals surface area (Å²) in [6.45, 7) is 9.38. The molecule has 37 heavy (non-hydrogen) atoms. The van der Waals surface area contributed by atoms with Crippen LogP contribution >= 0.6 is 11.6 Å². The van der Waals surface area contributed by atoms with Gasteiger partial charge in [-0.15, -0.1) is 0 Å². The number of nitrogens with one attached hydrogen (secondary N) is 2. The van der Waals surface area contributed by atoms with Crippen LogP contribution in [0.4, 0.5) is 11.5 Å². The van der Waals surface area contributed by atoms with Gasteiger partial charge in [-0.05, 0) is 80.8 Å². The third-order valence-electron chi connectivity index (χ3n) is 7.96. The molecule has 1 aromatic heterocycles. The van der Waals surface area contributed by atoms with Gasteiger partial charge in [0, 0.05) is 62.3 Å². The molecule has 0 atom stereocenters. The summed E-state index contributed by atoms with van der Waals surface area (Å²) < 4.78 is 34.6. The van der Waals surface area contributed by atoms with Gasteiger partial charge in [0.05, 0.1) is 6.61 Å². The predicted octanol–water partition coefficient (Wildman–Crippen LogP) is 3.76. The summed E-state index contributed by atoms with van der Waals surface area (Å²) >= 11 is 6.13. The summed E-state index contributed by atoms with van der Waals surface area (Å²) in [4.78, 5) is 9.48. The van der Waals surface area contributed by atoms with Gasteiger partial charge in [0.2, 0.25) is 10.0 Å². The lowest BCUT2D eigenvalue weighted by Crippen LogP contribution is -2.47. The molecule has 3 aliphatic rings. The minimum atomic E-state index is -3.65. The van der Waals surface area contributed by atoms with Gasteiger partial charge in [-0.2, -0.15) is 0 Å². The van der Waals surface area contributed by atoms with Gasteiger partial charge in [0.25, 0.3) is 0 Å². The lowest BCUT2D eigenvalue weighted by Gasteiger charge is -2.44. The number of anilines is 2. The van der Waals surface area contributed by atoms with Crippen molar-refractivity contribution in [2.24, 2.45) is 11.3 Å². The molecular formula is C27H38ClN5O3S. The van der Waals surface area contributed by atoms with Gasteiger partial charge >= 0.3 is 0 Å². The molecule has 2 saturated heterocycles. The second-order valence-electron chi connectivity index (χ2n) is 10.8. The van der Waals surface area contributed by atoms with E-state index in [0.29, 0.717) is 23.7 Å². The van der Waals surface area contributed by atoms with Gasteiger partial charge in [-0.25, -0.2) is 18.1 Å². The number of ether oxygens (including phenoxy) is 1. The Kier molecular flexibility index (Phi) is 8.26. The largest absolute Gasteiger partial charge is 0.381 e. The van der Waals surface area contributed by atoms with Crippen LogP contribution in [0.15, 0.2) is 41.3 Å². The number of halogens is 1. The normalized spacial score (nSPS) is 24.4. The van der Waals surface area contributed by atoms with Crippen LogP contribution in [0.25, 0.3) is 0 Å². The summed E-state index contributed by atoms with van der Waals surface area (Å²) in [6, 6.07) is 11.4. The number of aromatic nitrogens is 1. The fourth-order valence-corrected chi connectivity index (χ4v) is 7.27. The lowest BCUT2D eigenvalue weighted by molar-refractivity contribution is 0.0440. The minimum absolute atomic E-state index is 0.228. The van der Waals surface area contributed by atoms with E-state index in [1.165, 1.54) is 0 Å². The lowest BCUT2D eigenvalue weighted by atomic mass is 9.61. The Labute approximate surface area is 225 Å². The summed E-state index contributed by atoms with van der Waals surface area (Å²) in [5.74, 6) is 0.986. The van der Waals surface area contributed by atoms with Crippen molar-refractivity contribution < 1.29 is 13.2 Å². The molecule has 5 rings (SSSR count). The van der Waals surface area contributed by atoms with Crippen molar-refractivity contribution in [1.29, 1.82) is 0 Å². The quantitative estimate of drug-likeness (QED) is 0.438. The van der Waals surface area contributed by atoms with Crippen LogP contribution in [0.3, 0.4) is 0 Å². The van der Waals surface area contributed by atoms with E-state index in [2.05, 4.69) is 30.9 Å². The zero-order valence-electron chi connectivity index (χ0n) is 21.6. The second-order valence-corrected chi connectivity index (χ2v) is 13.0. The average Bonchev–Trinajstić information content (AvgIpc) is 3.35. The molecule has 1 aliphatic carbocycles. The Hall–Kier alpha value is -1.91. The minimum Gasteiger partial charge on any atom is -0.381 e. The molecule has 1 aromatic carbocycles. The number of hydrogen-bond donors (Lipinski definition) is 2. The topological polar surface area (TPSA) is 86.8 Å². The zero-order valence-corrected chi connectivity index (χ0v) is 23.2. The molecule has 8 nitrogen and oxygen atoms in total. The zero-order chi connectivity index (χ0) is 25.9. The van der Waals surface area contributed by atoms with Crippen LogP contribution in [0.2, 0.25) is 5.02 Å². The van der Waals surface area contributed by atoms with E-state index in [0.717, 1.165) is 94.6 Å². The molecule has 3 fully saturated rings. The number of hydrogen-bond acceptors (Lipinski definition) is 7. The maximum atomic E-state index is 13.1. The number of aryl methyl sites for hydroxylation is 1. The van der Waals surface area contributed by atoms with Crippen molar-refractivity contribution in [2.75, 3.05) is 69.2 Å². The molecule has 202 valence electrons. The van der Waals surface area contributed by atoms with Gasteiger partial charge in [0.15, 0.2) is 0 Å². The van der Waals surface area contributed by atoms with Crippen LogP contribution in [-0.2, 0) is 14.8 Å². The molecule has 0 unspecified atom stereocenters. The van der Waals surface area contributed by atoms with E-state index in [4.69, 9.17) is 16.3 Å². The first-order valence-corrected chi connectivity index (χ1v) is 15.2. The first-order valence-electron chi connectivity index (χ1n) is 13.3. The Bertz CT molecular complexity index is 1170. The summed E-state index contributed by atoms with van der Waals surface area (Å²) in [6.07, 6.45) is 4.18. The van der Waals surface area contributed by atoms with Crippen LogP contribution in [0.1, 0.15) is 31.4 Å². The van der Waals surface area contributed by atoms with E-state index in [1.54, 1.807) is 12.1 Å². The van der Waals surface area contributed by atoms with Crippen LogP contribution in [0, 0.1) is 18.3 Å². The Morgan fingerprint density at radius 1 is 1.16 bits per heavy atom. The second kappa shape index (κ2) is 11.5. The molecule has 3 heterocycles. The highest BCUT2D eigenvalue weighted by molar-refractivity contribution is 7.89. The van der Waals surface area contributed by atoms with Crippen molar-refractivity contribution >= 4 is 33.1 Å². The van der Waals surface area contributed by atoms with Crippen molar-refractivity contribution in [3.05, 3.63) is 47.1 Å². The molecule has 10 heteroatoms. The third-order valence-corrected chi connectivity index (χ3v) is 9.69. The molecule has 0 amide bonds. The fourth-order valence-electron chi connectivity index (χ4n) is 5.90. The Balaban J connectivity index is 1.07. The average molecular weight is 548 g/mol. The maximum Gasteiger partial charge on any atom is 0.244 e. The van der Waals surface area contributed by atoms with Crippen LogP contribution in [0.5, 0.6) is 0 Å². The molecule has 0 radical (unpaired) electrons. The van der Waals surface area contributed by atoms with Gasteiger partial charge in [-0.3, -0.25) is 4.90 Å². The van der Waals surface area contributed by atoms with Crippen molar-refractivity contribution in [3.8, 4) is 0 Å². The number of rotatable bonds is 10. The molecule has 2 N–H and O–H groups in total. The number of piperazine rings is 1. The molecule has 0 bridgehead atoms. The maximum absolute atomic E-state index is 13.1. The Morgan fingerprint density at radius 3 is 2.70 bits per heavy atom. The number of benzene rings is 1. The van der Waals surface area contributed by atoms with Gasteiger partial charge in [-0.1, -0.05) is 17.7 Å². The standard InChI is InChI=1S/C27H38ClN5O3S/c1-21-6-7-25(26(31-21)29-19-22-17-27(18-22)8-15-36-20-27)37(34,35)30-9-3-10-32-11-13-33(14-12-32)24-5-2-4-23(28)16-24/h2,4-7,16,22,30H,3,8-15,17-20H2,1H3,(H,29,31). The first kappa shape index (κ1) is 26.7. The highest BCUT2D eigenvalue weighted by Gasteiger charge is 2.46. The van der Waals surface area contributed by atoms with Crippen LogP contribution in [-0.4, -0.2) is 77.3 Å². The number of pyridine rings is 1. The highest BCUT2D eigenvalue weighted by Crippen LogP contribution is 2.51. The van der Waals surface area contributed by atoms with Gasteiger partial charge in [0.1, 0.15) is 10.7 Å². The van der Waals surface area contributed by atoms with E-state index in [-0.39, 0.29) is 4.90 Å². The molecule has 2 aromatic rings. The van der Waals surface area contributed by atoms with Crippen LogP contribution < -0.4 is 14.9 Å². The first-order chi connectivity index (χ1) is 17.8. The summed E-state index contributed by atoms with van der Waals surface area (Å²) in [5, 5.41) is 4.09. The smallest absolute Gasteiger partial charge is 0.244 e. The van der Waals surface area contributed by atoms with Gasteiger partial charge < -0.3 is 15.0 Å². The van der Waals surface area contributed by atoms with Crippen molar-refractivity contribution in [1.82, 2.24) is 14.6 Å². The van der Waals surface area contributed by atoms with Crippen molar-refractivity contribution in [3.63, 3.8) is 0 Å². The predicted molar refractivity (Wildman–Crippen MR) is 148 cm³/mol. The molecular weight excluding hydrogens is 510 g/mol. The van der Waals surface area contributed by atoms with Crippen molar-refractivity contribution in [2.45, 2.75) is 37.5 Å². The molecule has 1 spiro atoms. The number of sulfonamides is 1.